The van der Waals surface area contributed by atoms with E-state index in [1.165, 1.54) is 6.08 Å². The molecule has 0 aromatic heterocycles. The van der Waals surface area contributed by atoms with Crippen molar-refractivity contribution in [2.45, 2.75) is 19.4 Å². The minimum Gasteiger partial charge on any atom is -0.478 e. The summed E-state index contributed by atoms with van der Waals surface area (Å²) in [6, 6.07) is 9.34. The van der Waals surface area contributed by atoms with Gasteiger partial charge < -0.3 is 9.84 Å². The summed E-state index contributed by atoms with van der Waals surface area (Å²) in [7, 11) is 0. The van der Waals surface area contributed by atoms with E-state index in [4.69, 9.17) is 4.74 Å². The van der Waals surface area contributed by atoms with Crippen molar-refractivity contribution in [3.05, 3.63) is 53.1 Å². The number of rotatable bonds is 3. The van der Waals surface area contributed by atoms with Gasteiger partial charge >= 0.3 is 11.9 Å². The van der Waals surface area contributed by atoms with Gasteiger partial charge in [-0.3, -0.25) is 0 Å². The third-order valence-electron chi connectivity index (χ3n) is 2.90. The molecule has 1 aromatic rings. The molecule has 0 fully saturated rings. The van der Waals surface area contributed by atoms with Crippen LogP contribution in [-0.4, -0.2) is 22.6 Å². The first-order valence-electron chi connectivity index (χ1n) is 5.86. The molecular weight excluding hydrogens is 244 g/mol. The number of cyclic esters (lactones) is 1. The third kappa shape index (κ3) is 2.57. The van der Waals surface area contributed by atoms with Gasteiger partial charge in [-0.05, 0) is 25.5 Å². The van der Waals surface area contributed by atoms with Gasteiger partial charge in [0.25, 0.3) is 0 Å². The van der Waals surface area contributed by atoms with E-state index >= 15 is 0 Å². The van der Waals surface area contributed by atoms with Crippen molar-refractivity contribution in [3.63, 3.8) is 0 Å². The van der Waals surface area contributed by atoms with E-state index in [1.54, 1.807) is 19.9 Å². The number of ether oxygens (including phenoxy) is 1. The van der Waals surface area contributed by atoms with Crippen LogP contribution < -0.4 is 0 Å². The molecule has 0 aliphatic carbocycles. The Balaban J connectivity index is 2.41. The Kier molecular flexibility index (Phi) is 3.25. The molecule has 1 N–H and O–H groups in total. The SMILES string of the molecule is CC1(C)OC(=O)C(/C=C/c2ccccc2)=C1C(=O)O. The molecule has 2 rings (SSSR count). The summed E-state index contributed by atoms with van der Waals surface area (Å²) in [6.45, 7) is 3.13. The largest absolute Gasteiger partial charge is 0.478 e. The van der Waals surface area contributed by atoms with Crippen molar-refractivity contribution < 1.29 is 19.4 Å². The molecule has 0 saturated heterocycles. The van der Waals surface area contributed by atoms with Gasteiger partial charge in [-0.1, -0.05) is 36.4 Å². The van der Waals surface area contributed by atoms with E-state index in [-0.39, 0.29) is 11.1 Å². The molecule has 0 radical (unpaired) electrons. The Bertz CT molecular complexity index is 579. The first-order valence-corrected chi connectivity index (χ1v) is 5.86. The molecule has 4 nitrogen and oxygen atoms in total. The van der Waals surface area contributed by atoms with Crippen LogP contribution in [0.25, 0.3) is 6.08 Å². The maximum absolute atomic E-state index is 11.7. The molecule has 1 aromatic carbocycles. The topological polar surface area (TPSA) is 63.6 Å². The summed E-state index contributed by atoms with van der Waals surface area (Å²) in [5.74, 6) is -1.74. The van der Waals surface area contributed by atoms with Crippen LogP contribution in [-0.2, 0) is 14.3 Å². The van der Waals surface area contributed by atoms with Crippen LogP contribution >= 0.6 is 0 Å². The zero-order valence-electron chi connectivity index (χ0n) is 10.7. The fraction of sp³-hybridized carbons (Fsp3) is 0.200. The van der Waals surface area contributed by atoms with Crippen LogP contribution in [0.5, 0.6) is 0 Å². The minimum atomic E-state index is -1.14. The van der Waals surface area contributed by atoms with Crippen LogP contribution in [0.2, 0.25) is 0 Å². The lowest BCUT2D eigenvalue weighted by molar-refractivity contribution is -0.145. The molecule has 1 aliphatic heterocycles. The lowest BCUT2D eigenvalue weighted by Crippen LogP contribution is -2.27. The van der Waals surface area contributed by atoms with E-state index in [2.05, 4.69) is 0 Å². The first kappa shape index (κ1) is 13.1. The number of esters is 1. The van der Waals surface area contributed by atoms with Crippen molar-refractivity contribution in [1.29, 1.82) is 0 Å². The summed E-state index contributed by atoms with van der Waals surface area (Å²) in [6.07, 6.45) is 3.19. The van der Waals surface area contributed by atoms with E-state index < -0.39 is 17.5 Å². The zero-order valence-corrected chi connectivity index (χ0v) is 10.7. The molecule has 0 unspecified atom stereocenters. The van der Waals surface area contributed by atoms with Gasteiger partial charge in [0.1, 0.15) is 5.60 Å². The van der Waals surface area contributed by atoms with Gasteiger partial charge in [-0.25, -0.2) is 9.59 Å². The highest BCUT2D eigenvalue weighted by molar-refractivity contribution is 6.07. The normalized spacial score (nSPS) is 17.9. The molecule has 19 heavy (non-hydrogen) atoms. The number of hydrogen-bond acceptors (Lipinski definition) is 3. The highest BCUT2D eigenvalue weighted by Crippen LogP contribution is 2.33. The highest BCUT2D eigenvalue weighted by atomic mass is 16.6. The Hall–Kier alpha value is -2.36. The highest BCUT2D eigenvalue weighted by Gasteiger charge is 2.43. The first-order chi connectivity index (χ1) is 8.92. The van der Waals surface area contributed by atoms with Crippen LogP contribution in [0, 0.1) is 0 Å². The second-order valence-electron chi connectivity index (χ2n) is 4.74. The van der Waals surface area contributed by atoms with Crippen molar-refractivity contribution in [3.8, 4) is 0 Å². The number of benzene rings is 1. The van der Waals surface area contributed by atoms with Gasteiger partial charge in [0.15, 0.2) is 0 Å². The summed E-state index contributed by atoms with van der Waals surface area (Å²) in [4.78, 5) is 23.0. The number of hydrogen-bond donors (Lipinski definition) is 1. The number of carbonyl (C=O) groups excluding carboxylic acids is 1. The standard InChI is InChI=1S/C15H14O4/c1-15(2)12(13(16)17)11(14(18)19-15)9-8-10-6-4-3-5-7-10/h3-9H,1-2H3,(H,16,17)/b9-8+. The quantitative estimate of drug-likeness (QED) is 0.846. The molecule has 1 heterocycles. The number of carbonyl (C=O) groups is 2. The fourth-order valence-corrected chi connectivity index (χ4v) is 2.03. The summed E-state index contributed by atoms with van der Waals surface area (Å²) in [5.41, 5.74) is -0.123. The van der Waals surface area contributed by atoms with E-state index in [0.717, 1.165) is 5.56 Å². The number of aliphatic carboxylic acids is 1. The number of carboxylic acid groups (broad SMARTS) is 1. The third-order valence-corrected chi connectivity index (χ3v) is 2.90. The van der Waals surface area contributed by atoms with E-state index in [9.17, 15) is 14.7 Å². The van der Waals surface area contributed by atoms with Crippen LogP contribution in [0.1, 0.15) is 19.4 Å². The Morgan fingerprint density at radius 2 is 1.84 bits per heavy atom. The predicted octanol–water partition coefficient (Wildman–Crippen LogP) is 2.42. The molecule has 0 amide bonds. The molecule has 98 valence electrons. The second-order valence-corrected chi connectivity index (χ2v) is 4.74. The smallest absolute Gasteiger partial charge is 0.339 e. The van der Waals surface area contributed by atoms with Crippen LogP contribution in [0.3, 0.4) is 0 Å². The maximum Gasteiger partial charge on any atom is 0.339 e. The van der Waals surface area contributed by atoms with Gasteiger partial charge in [0.2, 0.25) is 0 Å². The van der Waals surface area contributed by atoms with Crippen LogP contribution in [0.15, 0.2) is 47.6 Å². The molecule has 1 aliphatic rings. The molecule has 0 spiro atoms. The predicted molar refractivity (Wildman–Crippen MR) is 70.3 cm³/mol. The van der Waals surface area contributed by atoms with Gasteiger partial charge in [0, 0.05) is 0 Å². The lowest BCUT2D eigenvalue weighted by atomic mass is 9.95. The van der Waals surface area contributed by atoms with Crippen molar-refractivity contribution in [1.82, 2.24) is 0 Å². The molecular formula is C15H14O4. The van der Waals surface area contributed by atoms with Gasteiger partial charge in [-0.2, -0.15) is 0 Å². The van der Waals surface area contributed by atoms with Gasteiger partial charge in [-0.15, -0.1) is 0 Å². The summed E-state index contributed by atoms with van der Waals surface area (Å²) in [5, 5.41) is 9.21. The van der Waals surface area contributed by atoms with Crippen molar-refractivity contribution >= 4 is 18.0 Å². The second kappa shape index (κ2) is 4.72. The summed E-state index contributed by atoms with van der Waals surface area (Å²) >= 11 is 0. The monoisotopic (exact) mass is 258 g/mol. The number of carboxylic acids is 1. The average molecular weight is 258 g/mol. The van der Waals surface area contributed by atoms with Crippen LogP contribution in [0.4, 0.5) is 0 Å². The maximum atomic E-state index is 11.7. The van der Waals surface area contributed by atoms with Gasteiger partial charge in [0.05, 0.1) is 11.1 Å². The Labute approximate surface area is 111 Å². The average Bonchev–Trinajstić information content (AvgIpc) is 2.57. The van der Waals surface area contributed by atoms with Crippen molar-refractivity contribution in [2.24, 2.45) is 0 Å². The fourth-order valence-electron chi connectivity index (χ4n) is 2.03. The molecule has 4 heteroatoms. The zero-order chi connectivity index (χ0) is 14.0. The minimum absolute atomic E-state index is 0.00955. The van der Waals surface area contributed by atoms with E-state index in [1.807, 2.05) is 30.3 Å². The molecule has 0 saturated carbocycles. The molecule has 0 bridgehead atoms. The Morgan fingerprint density at radius 1 is 1.21 bits per heavy atom. The van der Waals surface area contributed by atoms with E-state index in [0.29, 0.717) is 0 Å². The molecule has 0 atom stereocenters. The lowest BCUT2D eigenvalue weighted by Gasteiger charge is -2.17. The summed E-state index contributed by atoms with van der Waals surface area (Å²) < 4.78 is 5.08. The Morgan fingerprint density at radius 3 is 2.42 bits per heavy atom. The van der Waals surface area contributed by atoms with Crippen molar-refractivity contribution in [2.75, 3.05) is 0 Å².